The molecule has 6 nitrogen and oxygen atoms in total. The van der Waals surface area contributed by atoms with E-state index in [2.05, 4.69) is 32.8 Å². The van der Waals surface area contributed by atoms with Gasteiger partial charge in [0.25, 0.3) is 5.91 Å². The minimum atomic E-state index is -0.0823. The molecular formula is C16H23Cl2N5O. The zero-order chi connectivity index (χ0) is 15.6. The van der Waals surface area contributed by atoms with Gasteiger partial charge in [-0.25, -0.2) is 4.98 Å². The van der Waals surface area contributed by atoms with Crippen molar-refractivity contribution < 1.29 is 4.79 Å². The molecule has 0 saturated carbocycles. The van der Waals surface area contributed by atoms with Gasteiger partial charge < -0.3 is 16.0 Å². The predicted octanol–water partition coefficient (Wildman–Crippen LogP) is 2.79. The number of carbonyl (C=O) groups is 1. The summed E-state index contributed by atoms with van der Waals surface area (Å²) in [5.41, 5.74) is 1.42. The maximum absolute atomic E-state index is 12.1. The van der Waals surface area contributed by atoms with Gasteiger partial charge in [0.15, 0.2) is 0 Å². The van der Waals surface area contributed by atoms with Crippen LogP contribution in [0, 0.1) is 0 Å². The van der Waals surface area contributed by atoms with E-state index < -0.39 is 0 Å². The van der Waals surface area contributed by atoms with Gasteiger partial charge in [-0.1, -0.05) is 13.0 Å². The van der Waals surface area contributed by atoms with E-state index in [1.807, 2.05) is 12.1 Å². The van der Waals surface area contributed by atoms with Crippen molar-refractivity contribution in [3.63, 3.8) is 0 Å². The largest absolute Gasteiger partial charge is 0.351 e. The summed E-state index contributed by atoms with van der Waals surface area (Å²) in [4.78, 5) is 20.2. The molecule has 0 aliphatic heterocycles. The van der Waals surface area contributed by atoms with Crippen LogP contribution < -0.4 is 16.0 Å². The Morgan fingerprint density at radius 1 is 1.12 bits per heavy atom. The highest BCUT2D eigenvalue weighted by atomic mass is 35.5. The minimum Gasteiger partial charge on any atom is -0.351 e. The van der Waals surface area contributed by atoms with E-state index in [0.717, 1.165) is 25.2 Å². The number of rotatable bonds is 8. The lowest BCUT2D eigenvalue weighted by molar-refractivity contribution is 0.0954. The Hall–Kier alpha value is -1.89. The van der Waals surface area contributed by atoms with Crippen molar-refractivity contribution in [3.8, 4) is 0 Å². The minimum absolute atomic E-state index is 0. The molecule has 2 rings (SSSR count). The van der Waals surface area contributed by atoms with Gasteiger partial charge in [0.05, 0.1) is 6.20 Å². The van der Waals surface area contributed by atoms with E-state index in [1.54, 1.807) is 30.7 Å². The molecule has 8 heteroatoms. The lowest BCUT2D eigenvalue weighted by Gasteiger charge is -2.08. The van der Waals surface area contributed by atoms with Gasteiger partial charge in [-0.05, 0) is 31.2 Å². The molecule has 0 fully saturated rings. The molecule has 0 unspecified atom stereocenters. The number of nitrogens with one attached hydrogen (secondary N) is 3. The number of benzene rings is 1. The summed E-state index contributed by atoms with van der Waals surface area (Å²) in [7, 11) is 0. The van der Waals surface area contributed by atoms with Crippen molar-refractivity contribution in [2.24, 2.45) is 0 Å². The van der Waals surface area contributed by atoms with E-state index >= 15 is 0 Å². The Balaban J connectivity index is 0.00000264. The molecule has 1 aromatic heterocycles. The Morgan fingerprint density at radius 2 is 1.96 bits per heavy atom. The highest BCUT2D eigenvalue weighted by molar-refractivity contribution is 5.95. The summed E-state index contributed by atoms with van der Waals surface area (Å²) in [6.45, 7) is 4.46. The Bertz CT molecular complexity index is 598. The predicted molar refractivity (Wildman–Crippen MR) is 102 cm³/mol. The molecule has 0 bridgehead atoms. The fourth-order valence-corrected chi connectivity index (χ4v) is 1.92. The molecule has 1 amide bonds. The Morgan fingerprint density at radius 3 is 2.67 bits per heavy atom. The van der Waals surface area contributed by atoms with E-state index in [1.165, 1.54) is 0 Å². The van der Waals surface area contributed by atoms with Crippen LogP contribution in [0.2, 0.25) is 0 Å². The summed E-state index contributed by atoms with van der Waals surface area (Å²) >= 11 is 0. The van der Waals surface area contributed by atoms with Crippen LogP contribution in [0.25, 0.3) is 0 Å². The molecule has 0 aliphatic rings. The van der Waals surface area contributed by atoms with Crippen LogP contribution in [0.3, 0.4) is 0 Å². The zero-order valence-electron chi connectivity index (χ0n) is 13.5. The summed E-state index contributed by atoms with van der Waals surface area (Å²) in [5, 5.41) is 9.25. The van der Waals surface area contributed by atoms with Crippen LogP contribution in [0.5, 0.6) is 0 Å². The van der Waals surface area contributed by atoms with Crippen LogP contribution in [0.1, 0.15) is 23.7 Å². The molecular weight excluding hydrogens is 349 g/mol. The first-order valence-corrected chi connectivity index (χ1v) is 7.41. The van der Waals surface area contributed by atoms with E-state index in [4.69, 9.17) is 0 Å². The second-order valence-electron chi connectivity index (χ2n) is 4.80. The Labute approximate surface area is 154 Å². The number of hydrogen-bond acceptors (Lipinski definition) is 5. The monoisotopic (exact) mass is 371 g/mol. The van der Waals surface area contributed by atoms with Crippen molar-refractivity contribution in [1.82, 2.24) is 20.6 Å². The molecule has 0 aliphatic carbocycles. The van der Waals surface area contributed by atoms with Crippen LogP contribution in [0.4, 0.5) is 11.5 Å². The van der Waals surface area contributed by atoms with Gasteiger partial charge in [0, 0.05) is 36.7 Å². The first-order chi connectivity index (χ1) is 10.8. The molecule has 0 radical (unpaired) electrons. The van der Waals surface area contributed by atoms with E-state index in [0.29, 0.717) is 17.9 Å². The molecule has 1 aromatic carbocycles. The second-order valence-corrected chi connectivity index (χ2v) is 4.80. The fourth-order valence-electron chi connectivity index (χ4n) is 1.92. The number of aromatic nitrogens is 2. The van der Waals surface area contributed by atoms with Crippen molar-refractivity contribution >= 4 is 42.2 Å². The SMILES string of the molecule is CCCNCCNC(=O)c1cccc(Nc2cnccn2)c1.Cl.Cl. The van der Waals surface area contributed by atoms with Crippen molar-refractivity contribution in [2.75, 3.05) is 25.0 Å². The molecule has 24 heavy (non-hydrogen) atoms. The fraction of sp³-hybridized carbons (Fsp3) is 0.312. The number of hydrogen-bond donors (Lipinski definition) is 3. The first kappa shape index (κ1) is 22.1. The number of halogens is 2. The van der Waals surface area contributed by atoms with Crippen molar-refractivity contribution in [3.05, 3.63) is 48.4 Å². The average molecular weight is 372 g/mol. The zero-order valence-corrected chi connectivity index (χ0v) is 15.1. The van der Waals surface area contributed by atoms with Gasteiger partial charge in [0.1, 0.15) is 5.82 Å². The second kappa shape index (κ2) is 12.5. The topological polar surface area (TPSA) is 78.9 Å². The highest BCUT2D eigenvalue weighted by Crippen LogP contribution is 2.15. The van der Waals surface area contributed by atoms with Crippen LogP contribution >= 0.6 is 24.8 Å². The molecule has 0 atom stereocenters. The maximum Gasteiger partial charge on any atom is 0.251 e. The summed E-state index contributed by atoms with van der Waals surface area (Å²) in [5.74, 6) is 0.560. The van der Waals surface area contributed by atoms with Crippen molar-refractivity contribution in [2.45, 2.75) is 13.3 Å². The maximum atomic E-state index is 12.1. The lowest BCUT2D eigenvalue weighted by Crippen LogP contribution is -2.32. The third-order valence-electron chi connectivity index (χ3n) is 2.97. The first-order valence-electron chi connectivity index (χ1n) is 7.41. The normalized spacial score (nSPS) is 9.38. The number of amides is 1. The molecule has 3 N–H and O–H groups in total. The average Bonchev–Trinajstić information content (AvgIpc) is 2.56. The van der Waals surface area contributed by atoms with Crippen molar-refractivity contribution in [1.29, 1.82) is 0 Å². The molecule has 1 heterocycles. The lowest BCUT2D eigenvalue weighted by atomic mass is 10.2. The van der Waals surface area contributed by atoms with E-state index in [-0.39, 0.29) is 30.7 Å². The van der Waals surface area contributed by atoms with Gasteiger partial charge in [-0.2, -0.15) is 0 Å². The number of anilines is 2. The standard InChI is InChI=1S/C16H21N5O.2ClH/c1-2-6-17-7-10-20-16(22)13-4-3-5-14(11-13)21-15-12-18-8-9-19-15;;/h3-5,8-9,11-12,17H,2,6-7,10H2,1H3,(H,19,21)(H,20,22);2*1H. The van der Waals surface area contributed by atoms with Crippen LogP contribution in [0.15, 0.2) is 42.9 Å². The Kier molecular flexibility index (Phi) is 11.5. The third kappa shape index (κ3) is 7.59. The van der Waals surface area contributed by atoms with Crippen LogP contribution in [-0.4, -0.2) is 35.5 Å². The summed E-state index contributed by atoms with van der Waals surface area (Å²) < 4.78 is 0. The highest BCUT2D eigenvalue weighted by Gasteiger charge is 2.05. The molecule has 132 valence electrons. The van der Waals surface area contributed by atoms with E-state index in [9.17, 15) is 4.79 Å². The van der Waals surface area contributed by atoms with Gasteiger partial charge in [-0.3, -0.25) is 9.78 Å². The van der Waals surface area contributed by atoms with Gasteiger partial charge in [-0.15, -0.1) is 24.8 Å². The summed E-state index contributed by atoms with van der Waals surface area (Å²) in [6, 6.07) is 7.30. The molecule has 0 saturated heterocycles. The molecule has 2 aromatic rings. The number of carbonyl (C=O) groups excluding carboxylic acids is 1. The number of nitrogens with zero attached hydrogens (tertiary/aromatic N) is 2. The third-order valence-corrected chi connectivity index (χ3v) is 2.97. The molecule has 0 spiro atoms. The summed E-state index contributed by atoms with van der Waals surface area (Å²) in [6.07, 6.45) is 5.94. The van der Waals surface area contributed by atoms with Gasteiger partial charge >= 0.3 is 0 Å². The smallest absolute Gasteiger partial charge is 0.251 e. The quantitative estimate of drug-likeness (QED) is 0.621. The van der Waals surface area contributed by atoms with Gasteiger partial charge in [0.2, 0.25) is 0 Å². The van der Waals surface area contributed by atoms with Crippen LogP contribution in [-0.2, 0) is 0 Å².